The number of aliphatic hydroxyl groups is 1. The van der Waals surface area contributed by atoms with Crippen LogP contribution < -0.4 is 20.7 Å². The lowest BCUT2D eigenvalue weighted by Crippen LogP contribution is -2.21. The average molecular weight is 681 g/mol. The fraction of sp³-hybridized carbons (Fsp3) is 0.310. The van der Waals surface area contributed by atoms with Crippen molar-refractivity contribution in [3.05, 3.63) is 70.9 Å². The fourth-order valence-corrected chi connectivity index (χ4v) is 4.85. The van der Waals surface area contributed by atoms with E-state index in [0.717, 1.165) is 6.07 Å². The summed E-state index contributed by atoms with van der Waals surface area (Å²) in [6.07, 6.45) is -1.80. The molecular weight excluding hydrogens is 649 g/mol. The predicted octanol–water partition coefficient (Wildman–Crippen LogP) is 5.46. The number of anilines is 4. The van der Waals surface area contributed by atoms with E-state index >= 15 is 4.39 Å². The van der Waals surface area contributed by atoms with Gasteiger partial charge in [0.25, 0.3) is 5.91 Å². The summed E-state index contributed by atoms with van der Waals surface area (Å²) >= 11 is 0. The van der Waals surface area contributed by atoms with E-state index in [9.17, 15) is 22.5 Å². The number of methoxy groups -OCH3 is 1. The van der Waals surface area contributed by atoms with E-state index in [2.05, 4.69) is 31.0 Å². The molecule has 0 saturated carbocycles. The van der Waals surface area contributed by atoms with Crippen molar-refractivity contribution in [3.8, 4) is 16.9 Å². The second-order valence-corrected chi connectivity index (χ2v) is 10.6. The maximum absolute atomic E-state index is 15.5. The van der Waals surface area contributed by atoms with Crippen LogP contribution in [-0.2, 0) is 34.8 Å². The van der Waals surface area contributed by atoms with E-state index in [1.165, 1.54) is 62.4 Å². The number of halogens is 4. The van der Waals surface area contributed by atoms with Crippen LogP contribution >= 0.6 is 8.25 Å². The molecule has 0 spiro atoms. The van der Waals surface area contributed by atoms with Gasteiger partial charge in [0, 0.05) is 42.1 Å². The largest absolute Gasteiger partial charge is 0.695 e. The number of aliphatic hydroxyl groups excluding tert-OH is 1. The summed E-state index contributed by atoms with van der Waals surface area (Å²) in [5.41, 5.74) is -1.05. The third-order valence-electron chi connectivity index (χ3n) is 6.78. The van der Waals surface area contributed by atoms with Crippen LogP contribution in [0.1, 0.15) is 40.5 Å². The molecule has 4 rings (SSSR count). The summed E-state index contributed by atoms with van der Waals surface area (Å²) in [5, 5.41) is 21.0. The molecule has 0 aliphatic rings. The fourth-order valence-electron chi connectivity index (χ4n) is 4.59. The Hall–Kier alpha value is -4.70. The average Bonchev–Trinajstić information content (AvgIpc) is 3.50. The molecule has 0 radical (unpaired) electrons. The van der Waals surface area contributed by atoms with Gasteiger partial charge in [0.05, 0.1) is 35.9 Å². The number of alkyl halides is 3. The number of carbonyl (C=O) groups is 1. The molecule has 0 fully saturated rings. The summed E-state index contributed by atoms with van der Waals surface area (Å²) in [5.74, 6) is -2.37. The van der Waals surface area contributed by atoms with E-state index in [4.69, 9.17) is 19.3 Å². The Morgan fingerprint density at radius 1 is 1.13 bits per heavy atom. The Morgan fingerprint density at radius 3 is 2.53 bits per heavy atom. The van der Waals surface area contributed by atoms with Crippen molar-refractivity contribution in [2.75, 3.05) is 31.4 Å². The first-order valence-corrected chi connectivity index (χ1v) is 15.2. The van der Waals surface area contributed by atoms with Gasteiger partial charge in [0.15, 0.2) is 0 Å². The number of benzene rings is 2. The Morgan fingerprint density at radius 2 is 1.89 bits per heavy atom. The van der Waals surface area contributed by atoms with Gasteiger partial charge in [0.1, 0.15) is 29.6 Å². The molecule has 1 atom stereocenters. The molecule has 1 unspecified atom stereocenters. The molecule has 18 heteroatoms. The number of amides is 1. The Balaban J connectivity index is 1.79. The number of ether oxygens (including phenoxy) is 1. The number of hydrogen-bond acceptors (Lipinski definition) is 10. The van der Waals surface area contributed by atoms with Gasteiger partial charge in [0.2, 0.25) is 5.95 Å². The molecule has 250 valence electrons. The number of nitrogens with zero attached hydrogens (tertiary/aromatic N) is 4. The molecular formula is C29H31F4N7O6P+. The first-order valence-electron chi connectivity index (χ1n) is 14.1. The summed E-state index contributed by atoms with van der Waals surface area (Å²) in [6, 6.07) is 6.61. The first kappa shape index (κ1) is 35.2. The zero-order valence-electron chi connectivity index (χ0n) is 25.4. The lowest BCUT2D eigenvalue weighted by atomic mass is 10.0. The lowest BCUT2D eigenvalue weighted by molar-refractivity contribution is -0.138. The predicted molar refractivity (Wildman–Crippen MR) is 163 cm³/mol. The lowest BCUT2D eigenvalue weighted by Gasteiger charge is -2.20. The topological polar surface area (TPSA) is 173 Å². The number of aryl methyl sites for hydroxylation is 2. The van der Waals surface area contributed by atoms with Crippen LogP contribution in [0.25, 0.3) is 11.1 Å². The molecule has 0 bridgehead atoms. The van der Waals surface area contributed by atoms with Crippen LogP contribution in [0.15, 0.2) is 42.7 Å². The maximum Gasteiger partial charge on any atom is 0.695 e. The van der Waals surface area contributed by atoms with Crippen LogP contribution in [0, 0.1) is 5.82 Å². The van der Waals surface area contributed by atoms with Crippen LogP contribution in [0.3, 0.4) is 0 Å². The number of rotatable bonds is 14. The Bertz CT molecular complexity index is 1770. The maximum atomic E-state index is 15.5. The standard InChI is InChI=1S/C29H30F4N7O6P/c1-4-21-25(29(31,32)33)26(39-28(37-21)38-22-7-6-16(10-24(22)45-3)15-46-47(43)44)36-23-12-20(30)18(11-19(23)27(42)34-2)17-13-35-40(14-17)8-5-9-41/h6-7,10-14,41H,4-5,8-9,15H2,1-3H3,(H3-,34,36,37,38,39,42,43,44)/p+1. The molecule has 13 nitrogen and oxygen atoms in total. The Labute approximate surface area is 266 Å². The molecule has 0 saturated heterocycles. The molecule has 4 aromatic rings. The van der Waals surface area contributed by atoms with Gasteiger partial charge in [-0.3, -0.25) is 9.48 Å². The molecule has 47 heavy (non-hydrogen) atoms. The SMILES string of the molecule is CCc1nc(Nc2ccc(CO[P+](=O)O)cc2OC)nc(Nc2cc(F)c(-c3cnn(CCCO)c3)cc2C(=O)NC)c1C(F)(F)F. The third-order valence-corrected chi connectivity index (χ3v) is 7.13. The van der Waals surface area contributed by atoms with Crippen molar-refractivity contribution in [2.45, 2.75) is 39.1 Å². The normalized spacial score (nSPS) is 11.7. The van der Waals surface area contributed by atoms with Gasteiger partial charge >= 0.3 is 14.4 Å². The third kappa shape index (κ3) is 8.56. The summed E-state index contributed by atoms with van der Waals surface area (Å²) in [7, 11) is -0.179. The first-order chi connectivity index (χ1) is 22.4. The number of hydrogen-bond donors (Lipinski definition) is 5. The zero-order chi connectivity index (χ0) is 34.3. The van der Waals surface area contributed by atoms with Crippen molar-refractivity contribution in [3.63, 3.8) is 0 Å². The van der Waals surface area contributed by atoms with Crippen molar-refractivity contribution < 1.29 is 46.2 Å². The van der Waals surface area contributed by atoms with Crippen molar-refractivity contribution in [2.24, 2.45) is 0 Å². The molecule has 0 aliphatic heterocycles. The monoisotopic (exact) mass is 680 g/mol. The zero-order valence-corrected chi connectivity index (χ0v) is 26.2. The molecule has 2 aromatic carbocycles. The van der Waals surface area contributed by atoms with E-state index in [1.54, 1.807) is 0 Å². The van der Waals surface area contributed by atoms with Crippen LogP contribution in [0.2, 0.25) is 0 Å². The van der Waals surface area contributed by atoms with Crippen LogP contribution in [-0.4, -0.2) is 56.4 Å². The van der Waals surface area contributed by atoms with Gasteiger partial charge in [-0.25, -0.2) is 9.37 Å². The molecule has 2 heterocycles. The van der Waals surface area contributed by atoms with Gasteiger partial charge < -0.3 is 25.8 Å². The van der Waals surface area contributed by atoms with Crippen LogP contribution in [0.4, 0.5) is 40.7 Å². The van der Waals surface area contributed by atoms with E-state index in [-0.39, 0.29) is 59.5 Å². The minimum Gasteiger partial charge on any atom is -0.495 e. The van der Waals surface area contributed by atoms with E-state index in [0.29, 0.717) is 24.1 Å². The molecule has 2 aromatic heterocycles. The summed E-state index contributed by atoms with van der Waals surface area (Å²) < 4.78 is 81.3. The van der Waals surface area contributed by atoms with Crippen molar-refractivity contribution in [1.82, 2.24) is 25.1 Å². The number of nitrogens with one attached hydrogen (secondary N) is 3. The van der Waals surface area contributed by atoms with Crippen LogP contribution in [0.5, 0.6) is 5.75 Å². The minimum absolute atomic E-state index is 0.0217. The van der Waals surface area contributed by atoms with Crippen molar-refractivity contribution in [1.29, 1.82) is 0 Å². The molecule has 1 amide bonds. The number of carbonyl (C=O) groups excluding carboxylic acids is 1. The Kier molecular flexibility index (Phi) is 11.4. The second-order valence-electron chi connectivity index (χ2n) is 9.89. The quantitative estimate of drug-likeness (QED) is 0.0845. The molecule has 5 N–H and O–H groups in total. The van der Waals surface area contributed by atoms with Gasteiger partial charge in [-0.05, 0) is 42.7 Å². The van der Waals surface area contributed by atoms with E-state index < -0.39 is 37.5 Å². The molecule has 0 aliphatic carbocycles. The van der Waals surface area contributed by atoms with Gasteiger partial charge in [-0.1, -0.05) is 13.0 Å². The second kappa shape index (κ2) is 15.3. The summed E-state index contributed by atoms with van der Waals surface area (Å²) in [6.45, 7) is 1.55. The van der Waals surface area contributed by atoms with Crippen molar-refractivity contribution >= 4 is 37.3 Å². The van der Waals surface area contributed by atoms with Gasteiger partial charge in [-0.15, -0.1) is 9.42 Å². The van der Waals surface area contributed by atoms with E-state index in [1.807, 2.05) is 0 Å². The highest BCUT2D eigenvalue weighted by Gasteiger charge is 2.39. The minimum atomic E-state index is -4.94. The summed E-state index contributed by atoms with van der Waals surface area (Å²) in [4.78, 5) is 30.0. The smallest absolute Gasteiger partial charge is 0.495 e. The number of aromatic nitrogens is 4. The van der Waals surface area contributed by atoms with Gasteiger partial charge in [-0.2, -0.15) is 23.3 Å². The highest BCUT2D eigenvalue weighted by Crippen LogP contribution is 2.40. The highest BCUT2D eigenvalue weighted by atomic mass is 31.1. The highest BCUT2D eigenvalue weighted by molar-refractivity contribution is 7.32.